The van der Waals surface area contributed by atoms with Gasteiger partial charge >= 0.3 is 11.7 Å². The van der Waals surface area contributed by atoms with Crippen molar-refractivity contribution in [3.05, 3.63) is 15.8 Å². The molecule has 0 bridgehead atoms. The number of rotatable bonds is 4. The Bertz CT molecular complexity index is 597. The summed E-state index contributed by atoms with van der Waals surface area (Å²) in [5, 5.41) is 24.8. The molecule has 1 saturated heterocycles. The van der Waals surface area contributed by atoms with Gasteiger partial charge in [-0.05, 0) is 6.42 Å². The van der Waals surface area contributed by atoms with E-state index < -0.39 is 16.4 Å². The molecule has 2 heterocycles. The number of carboxylic acids is 1. The van der Waals surface area contributed by atoms with E-state index in [0.717, 1.165) is 0 Å². The van der Waals surface area contributed by atoms with Gasteiger partial charge in [0.05, 0.1) is 4.92 Å². The molecule has 1 fully saturated rings. The third-order valence-corrected chi connectivity index (χ3v) is 3.77. The second-order valence-corrected chi connectivity index (χ2v) is 5.73. The highest BCUT2D eigenvalue weighted by molar-refractivity contribution is 5.81. The van der Waals surface area contributed by atoms with Crippen LogP contribution in [0.25, 0.3) is 0 Å². The number of hydrogen-bond acceptors (Lipinski definition) is 6. The first-order chi connectivity index (χ1) is 9.67. The quantitative estimate of drug-likeness (QED) is 0.609. The van der Waals surface area contributed by atoms with E-state index in [1.54, 1.807) is 11.9 Å². The van der Waals surface area contributed by atoms with Crippen molar-refractivity contribution in [3.8, 4) is 0 Å². The lowest BCUT2D eigenvalue weighted by Gasteiger charge is -2.20. The van der Waals surface area contributed by atoms with Gasteiger partial charge in [0, 0.05) is 26.1 Å². The van der Waals surface area contributed by atoms with Gasteiger partial charge < -0.3 is 15.7 Å². The van der Waals surface area contributed by atoms with Gasteiger partial charge in [-0.15, -0.1) is 0 Å². The van der Waals surface area contributed by atoms with Crippen LogP contribution in [-0.4, -0.2) is 44.4 Å². The second-order valence-electron chi connectivity index (χ2n) is 5.73. The summed E-state index contributed by atoms with van der Waals surface area (Å²) in [5.74, 6) is -0.883. The monoisotopic (exact) mass is 297 g/mol. The van der Waals surface area contributed by atoms with E-state index in [2.05, 4.69) is 5.10 Å². The van der Waals surface area contributed by atoms with Crippen molar-refractivity contribution >= 4 is 17.5 Å². The van der Waals surface area contributed by atoms with Gasteiger partial charge in [0.1, 0.15) is 11.2 Å². The van der Waals surface area contributed by atoms with Crippen molar-refractivity contribution in [2.45, 2.75) is 31.7 Å². The number of hydrogen-bond donors (Lipinski definition) is 2. The van der Waals surface area contributed by atoms with Crippen LogP contribution in [0.4, 0.5) is 11.5 Å². The van der Waals surface area contributed by atoms with Gasteiger partial charge in [0.15, 0.2) is 0 Å². The maximum atomic E-state index is 11.4. The number of nitro groups is 1. The minimum atomic E-state index is -1.38. The smallest absolute Gasteiger partial charge is 0.334 e. The summed E-state index contributed by atoms with van der Waals surface area (Å²) in [5.41, 5.74) is 4.78. The predicted octanol–water partition coefficient (Wildman–Crippen LogP) is 0.444. The van der Waals surface area contributed by atoms with Crippen LogP contribution in [0.3, 0.4) is 0 Å². The Kier molecular flexibility index (Phi) is 3.62. The minimum Gasteiger partial charge on any atom is -0.480 e. The molecule has 1 aromatic rings. The number of carboxylic acid groups (broad SMARTS) is 1. The van der Waals surface area contributed by atoms with Crippen LogP contribution in [-0.2, 0) is 11.8 Å². The first kappa shape index (κ1) is 15.2. The van der Waals surface area contributed by atoms with Gasteiger partial charge in [-0.3, -0.25) is 14.9 Å². The Labute approximate surface area is 121 Å². The maximum absolute atomic E-state index is 11.4. The zero-order valence-electron chi connectivity index (χ0n) is 12.2. The van der Waals surface area contributed by atoms with Gasteiger partial charge in [-0.25, -0.2) is 4.68 Å². The van der Waals surface area contributed by atoms with E-state index in [4.69, 9.17) is 5.73 Å². The molecule has 3 N–H and O–H groups in total. The molecule has 0 amide bonds. The lowest BCUT2D eigenvalue weighted by atomic mass is 10.0. The van der Waals surface area contributed by atoms with Crippen molar-refractivity contribution in [3.63, 3.8) is 0 Å². The van der Waals surface area contributed by atoms with E-state index >= 15 is 0 Å². The van der Waals surface area contributed by atoms with Crippen LogP contribution in [0.15, 0.2) is 0 Å². The van der Waals surface area contributed by atoms with E-state index in [1.807, 2.05) is 13.8 Å². The van der Waals surface area contributed by atoms with Crippen LogP contribution < -0.4 is 10.6 Å². The number of anilines is 1. The van der Waals surface area contributed by atoms with Crippen LogP contribution in [0.1, 0.15) is 31.9 Å². The van der Waals surface area contributed by atoms with Crippen molar-refractivity contribution in [2.24, 2.45) is 12.8 Å². The fourth-order valence-corrected chi connectivity index (χ4v) is 2.63. The SMILES string of the molecule is CC(C)c1nn(C)c(N2CCC(N)(C(=O)O)C2)c1[N+](=O)[O-]. The molecular weight excluding hydrogens is 278 g/mol. The molecule has 116 valence electrons. The molecule has 9 nitrogen and oxygen atoms in total. The average molecular weight is 297 g/mol. The lowest BCUT2D eigenvalue weighted by Crippen LogP contribution is -2.50. The molecule has 9 heteroatoms. The number of nitrogens with two attached hydrogens (primary N) is 1. The molecule has 21 heavy (non-hydrogen) atoms. The molecule has 1 aliphatic rings. The molecule has 1 atom stereocenters. The maximum Gasteiger partial charge on any atom is 0.334 e. The van der Waals surface area contributed by atoms with Gasteiger partial charge in [0.25, 0.3) is 0 Å². The summed E-state index contributed by atoms with van der Waals surface area (Å²) in [7, 11) is 1.62. The van der Waals surface area contributed by atoms with Gasteiger partial charge in [-0.2, -0.15) is 5.10 Å². The fraction of sp³-hybridized carbons (Fsp3) is 0.667. The molecule has 1 unspecified atom stereocenters. The molecule has 0 aliphatic carbocycles. The Hall–Kier alpha value is -2.16. The molecule has 0 aromatic carbocycles. The molecule has 0 saturated carbocycles. The predicted molar refractivity (Wildman–Crippen MR) is 75.3 cm³/mol. The number of nitrogens with zero attached hydrogens (tertiary/aromatic N) is 4. The zero-order valence-corrected chi connectivity index (χ0v) is 12.2. The highest BCUT2D eigenvalue weighted by Gasteiger charge is 2.44. The summed E-state index contributed by atoms with van der Waals surface area (Å²) in [6.45, 7) is 4.03. The van der Waals surface area contributed by atoms with Crippen molar-refractivity contribution in [1.29, 1.82) is 0 Å². The van der Waals surface area contributed by atoms with Gasteiger partial charge in [0.2, 0.25) is 5.82 Å². The first-order valence-electron chi connectivity index (χ1n) is 6.66. The van der Waals surface area contributed by atoms with Crippen LogP contribution >= 0.6 is 0 Å². The highest BCUT2D eigenvalue weighted by Crippen LogP contribution is 2.37. The summed E-state index contributed by atoms with van der Waals surface area (Å²) in [4.78, 5) is 23.8. The van der Waals surface area contributed by atoms with Crippen LogP contribution in [0, 0.1) is 10.1 Å². The van der Waals surface area contributed by atoms with Crippen LogP contribution in [0.2, 0.25) is 0 Å². The van der Waals surface area contributed by atoms with Crippen LogP contribution in [0.5, 0.6) is 0 Å². The Morgan fingerprint density at radius 3 is 2.62 bits per heavy atom. The second kappa shape index (κ2) is 4.99. The Balaban J connectivity index is 2.46. The van der Waals surface area contributed by atoms with Crippen molar-refractivity contribution in [2.75, 3.05) is 18.0 Å². The zero-order chi connectivity index (χ0) is 15.9. The number of aliphatic carboxylic acids is 1. The van der Waals surface area contributed by atoms with Crippen molar-refractivity contribution in [1.82, 2.24) is 9.78 Å². The van der Waals surface area contributed by atoms with E-state index in [1.165, 1.54) is 4.68 Å². The summed E-state index contributed by atoms with van der Waals surface area (Å²) in [6, 6.07) is 0. The normalized spacial score (nSPS) is 22.0. The standard InChI is InChI=1S/C12H19N5O4/c1-7(2)8-9(17(20)21)10(15(3)14-8)16-5-4-12(13,6-16)11(18)19/h7H,4-6,13H2,1-3H3,(H,18,19). The number of aromatic nitrogens is 2. The molecular formula is C12H19N5O4. The first-order valence-corrected chi connectivity index (χ1v) is 6.66. The molecule has 1 aromatic heterocycles. The topological polar surface area (TPSA) is 128 Å². The number of carbonyl (C=O) groups is 1. The molecule has 1 aliphatic heterocycles. The minimum absolute atomic E-state index is 0.0280. The molecule has 0 radical (unpaired) electrons. The largest absolute Gasteiger partial charge is 0.480 e. The molecule has 2 rings (SSSR count). The van der Waals surface area contributed by atoms with Crippen molar-refractivity contribution < 1.29 is 14.8 Å². The average Bonchev–Trinajstić information content (AvgIpc) is 2.91. The summed E-state index contributed by atoms with van der Waals surface area (Å²) < 4.78 is 1.43. The lowest BCUT2D eigenvalue weighted by molar-refractivity contribution is -0.385. The third kappa shape index (κ3) is 2.44. The fourth-order valence-electron chi connectivity index (χ4n) is 2.63. The number of aryl methyl sites for hydroxylation is 1. The van der Waals surface area contributed by atoms with Gasteiger partial charge in [-0.1, -0.05) is 13.8 Å². The summed E-state index contributed by atoms with van der Waals surface area (Å²) in [6.07, 6.45) is 0.238. The van der Waals surface area contributed by atoms with E-state index in [0.29, 0.717) is 18.1 Å². The molecule has 0 spiro atoms. The van der Waals surface area contributed by atoms with E-state index in [-0.39, 0.29) is 24.6 Å². The van der Waals surface area contributed by atoms with E-state index in [9.17, 15) is 20.0 Å². The summed E-state index contributed by atoms with van der Waals surface area (Å²) >= 11 is 0. The highest BCUT2D eigenvalue weighted by atomic mass is 16.6. The Morgan fingerprint density at radius 1 is 1.57 bits per heavy atom. The Morgan fingerprint density at radius 2 is 2.19 bits per heavy atom. The third-order valence-electron chi connectivity index (χ3n) is 3.77.